The summed E-state index contributed by atoms with van der Waals surface area (Å²) < 4.78 is 0. The van der Waals surface area contributed by atoms with Crippen molar-refractivity contribution in [3.63, 3.8) is 0 Å². The maximum absolute atomic E-state index is 2.50. The molecule has 0 atom stereocenters. The molecular formula is C18H23NSi. The topological polar surface area (TPSA) is 3.24 Å². The van der Waals surface area contributed by atoms with Crippen molar-refractivity contribution in [3.8, 4) is 0 Å². The Hall–Kier alpha value is -1.54. The van der Waals surface area contributed by atoms with Gasteiger partial charge in [-0.05, 0) is 25.0 Å². The van der Waals surface area contributed by atoms with E-state index >= 15 is 0 Å². The molecule has 3 rings (SSSR count). The predicted octanol–water partition coefficient (Wildman–Crippen LogP) is 3.11. The highest BCUT2D eigenvalue weighted by molar-refractivity contribution is 7.00. The van der Waals surface area contributed by atoms with Crippen molar-refractivity contribution in [1.29, 1.82) is 0 Å². The number of hydrogen-bond donors (Lipinski definition) is 0. The van der Waals surface area contributed by atoms with Crippen molar-refractivity contribution in [2.75, 3.05) is 18.0 Å². The maximum Gasteiger partial charge on any atom is 0.112 e. The lowest BCUT2D eigenvalue weighted by Crippen LogP contribution is -2.52. The molecule has 20 heavy (non-hydrogen) atoms. The summed E-state index contributed by atoms with van der Waals surface area (Å²) in [7, 11) is -1.54. The molecule has 2 aromatic rings. The van der Waals surface area contributed by atoms with E-state index in [0.29, 0.717) is 0 Å². The fourth-order valence-corrected chi connectivity index (χ4v) is 5.44. The van der Waals surface area contributed by atoms with Crippen molar-refractivity contribution >= 4 is 24.1 Å². The largest absolute Gasteiger partial charge is 0.372 e. The summed E-state index contributed by atoms with van der Waals surface area (Å²) in [5, 5.41) is 3.03. The first-order valence-electron chi connectivity index (χ1n) is 7.59. The molecule has 1 heterocycles. The third-order valence-electron chi connectivity index (χ3n) is 4.56. The Morgan fingerprint density at radius 1 is 0.750 bits per heavy atom. The first-order chi connectivity index (χ1) is 9.68. The lowest BCUT2D eigenvalue weighted by Gasteiger charge is -2.25. The van der Waals surface area contributed by atoms with Crippen molar-refractivity contribution in [2.45, 2.75) is 25.9 Å². The highest BCUT2D eigenvalue weighted by Crippen LogP contribution is 2.19. The van der Waals surface area contributed by atoms with Crippen molar-refractivity contribution in [1.82, 2.24) is 0 Å². The zero-order chi connectivity index (χ0) is 14.0. The number of nitrogens with zero attached hydrogens (tertiary/aromatic N) is 1. The van der Waals surface area contributed by atoms with E-state index in [4.69, 9.17) is 0 Å². The Kier molecular flexibility index (Phi) is 3.66. The molecule has 0 N–H and O–H groups in total. The number of benzene rings is 2. The second-order valence-corrected chi connectivity index (χ2v) is 10.6. The van der Waals surface area contributed by atoms with Gasteiger partial charge >= 0.3 is 0 Å². The fourth-order valence-electron chi connectivity index (χ4n) is 3.09. The first kappa shape index (κ1) is 13.4. The van der Waals surface area contributed by atoms with Gasteiger partial charge in [0.25, 0.3) is 0 Å². The summed E-state index contributed by atoms with van der Waals surface area (Å²) in [6.07, 6.45) is 2.68. The van der Waals surface area contributed by atoms with Crippen LogP contribution in [0.4, 0.5) is 5.69 Å². The quantitative estimate of drug-likeness (QED) is 0.781. The first-order valence-corrected chi connectivity index (χ1v) is 10.6. The molecule has 0 saturated carbocycles. The summed E-state index contributed by atoms with van der Waals surface area (Å²) in [4.78, 5) is 2.50. The summed E-state index contributed by atoms with van der Waals surface area (Å²) in [6, 6.07) is 20.3. The molecule has 1 nitrogen and oxygen atoms in total. The van der Waals surface area contributed by atoms with E-state index in [1.54, 1.807) is 0 Å². The van der Waals surface area contributed by atoms with Crippen LogP contribution in [0.25, 0.3) is 0 Å². The molecule has 2 heteroatoms. The fraction of sp³-hybridized carbons (Fsp3) is 0.333. The third-order valence-corrected chi connectivity index (χ3v) is 8.11. The van der Waals surface area contributed by atoms with E-state index in [9.17, 15) is 0 Å². The van der Waals surface area contributed by atoms with Crippen molar-refractivity contribution < 1.29 is 0 Å². The van der Waals surface area contributed by atoms with Crippen LogP contribution < -0.4 is 15.3 Å². The molecule has 0 aromatic heterocycles. The van der Waals surface area contributed by atoms with Gasteiger partial charge in [0, 0.05) is 18.8 Å². The van der Waals surface area contributed by atoms with Gasteiger partial charge in [-0.1, -0.05) is 65.9 Å². The third kappa shape index (κ3) is 2.53. The van der Waals surface area contributed by atoms with Crippen LogP contribution in [-0.4, -0.2) is 21.2 Å². The van der Waals surface area contributed by atoms with E-state index in [-0.39, 0.29) is 0 Å². The van der Waals surface area contributed by atoms with Crippen LogP contribution in [0.2, 0.25) is 13.1 Å². The molecule has 1 aliphatic rings. The molecule has 104 valence electrons. The summed E-state index contributed by atoms with van der Waals surface area (Å²) >= 11 is 0. The molecule has 1 aliphatic heterocycles. The van der Waals surface area contributed by atoms with E-state index in [0.717, 1.165) is 0 Å². The van der Waals surface area contributed by atoms with Crippen LogP contribution in [0.15, 0.2) is 54.6 Å². The average molecular weight is 281 g/mol. The zero-order valence-electron chi connectivity index (χ0n) is 12.5. The Morgan fingerprint density at radius 2 is 1.30 bits per heavy atom. The van der Waals surface area contributed by atoms with Gasteiger partial charge in [0.15, 0.2) is 0 Å². The van der Waals surface area contributed by atoms with Crippen LogP contribution in [0.5, 0.6) is 0 Å². The molecule has 0 radical (unpaired) electrons. The van der Waals surface area contributed by atoms with Crippen molar-refractivity contribution in [2.24, 2.45) is 0 Å². The molecule has 0 spiro atoms. The maximum atomic E-state index is 2.50. The Bertz CT molecular complexity index is 554. The molecule has 1 saturated heterocycles. The Labute approximate surface area is 123 Å². The molecule has 0 unspecified atom stereocenters. The van der Waals surface area contributed by atoms with E-state index in [1.807, 2.05) is 0 Å². The molecule has 0 bridgehead atoms. The molecule has 2 aromatic carbocycles. The van der Waals surface area contributed by atoms with Gasteiger partial charge in [-0.15, -0.1) is 0 Å². The number of rotatable bonds is 3. The van der Waals surface area contributed by atoms with Crippen LogP contribution in [0.1, 0.15) is 12.8 Å². The van der Waals surface area contributed by atoms with Gasteiger partial charge in [0.05, 0.1) is 0 Å². The van der Waals surface area contributed by atoms with Gasteiger partial charge in [-0.25, -0.2) is 0 Å². The van der Waals surface area contributed by atoms with Crippen LogP contribution >= 0.6 is 0 Å². The molecule has 0 amide bonds. The van der Waals surface area contributed by atoms with E-state index in [1.165, 1.54) is 42.0 Å². The number of anilines is 1. The highest BCUT2D eigenvalue weighted by atomic mass is 28.3. The van der Waals surface area contributed by atoms with E-state index in [2.05, 4.69) is 72.6 Å². The van der Waals surface area contributed by atoms with Crippen molar-refractivity contribution in [3.05, 3.63) is 54.6 Å². The summed E-state index contributed by atoms with van der Waals surface area (Å²) in [5.74, 6) is 0. The smallest absolute Gasteiger partial charge is 0.112 e. The monoisotopic (exact) mass is 281 g/mol. The van der Waals surface area contributed by atoms with Crippen LogP contribution in [0, 0.1) is 0 Å². The molecular weight excluding hydrogens is 258 g/mol. The lowest BCUT2D eigenvalue weighted by atomic mass is 10.3. The van der Waals surface area contributed by atoms with Gasteiger partial charge in [0.2, 0.25) is 0 Å². The van der Waals surface area contributed by atoms with E-state index < -0.39 is 8.07 Å². The van der Waals surface area contributed by atoms with Gasteiger partial charge in [0.1, 0.15) is 8.07 Å². The Morgan fingerprint density at radius 3 is 1.90 bits per heavy atom. The second-order valence-electron chi connectivity index (χ2n) is 6.23. The normalized spacial score (nSPS) is 15.6. The highest BCUT2D eigenvalue weighted by Gasteiger charge is 2.25. The van der Waals surface area contributed by atoms with Crippen LogP contribution in [0.3, 0.4) is 0 Å². The second kappa shape index (κ2) is 5.45. The zero-order valence-corrected chi connectivity index (χ0v) is 13.5. The number of hydrogen-bond acceptors (Lipinski definition) is 1. The van der Waals surface area contributed by atoms with Crippen LogP contribution in [-0.2, 0) is 0 Å². The molecule has 1 fully saturated rings. The summed E-state index contributed by atoms with van der Waals surface area (Å²) in [5.41, 5.74) is 1.39. The SMILES string of the molecule is C[Si](C)(c1ccccc1)c1ccc(N2CCCC2)cc1. The minimum atomic E-state index is -1.54. The minimum Gasteiger partial charge on any atom is -0.372 e. The lowest BCUT2D eigenvalue weighted by molar-refractivity contribution is 0.949. The van der Waals surface area contributed by atoms with Gasteiger partial charge < -0.3 is 4.90 Å². The Balaban J connectivity index is 1.86. The summed E-state index contributed by atoms with van der Waals surface area (Å²) in [6.45, 7) is 7.32. The predicted molar refractivity (Wildman–Crippen MR) is 91.1 cm³/mol. The molecule has 0 aliphatic carbocycles. The van der Waals surface area contributed by atoms with Gasteiger partial charge in [-0.2, -0.15) is 0 Å². The standard InChI is InChI=1S/C18H23NSi/c1-20(2,17-8-4-3-5-9-17)18-12-10-16(11-13-18)19-14-6-7-15-19/h3-5,8-13H,6-7,14-15H2,1-2H3. The minimum absolute atomic E-state index is 1.22. The average Bonchev–Trinajstić information content (AvgIpc) is 3.02. The van der Waals surface area contributed by atoms with Gasteiger partial charge in [-0.3, -0.25) is 0 Å².